The van der Waals surface area contributed by atoms with Crippen molar-refractivity contribution in [2.75, 3.05) is 10.6 Å². The van der Waals surface area contributed by atoms with Crippen molar-refractivity contribution < 1.29 is 9.53 Å². The summed E-state index contributed by atoms with van der Waals surface area (Å²) in [4.78, 5) is 29.4. The lowest BCUT2D eigenvalue weighted by molar-refractivity contribution is 0.261. The van der Waals surface area contributed by atoms with E-state index in [4.69, 9.17) is 16.3 Å². The van der Waals surface area contributed by atoms with E-state index >= 15 is 0 Å². The highest BCUT2D eigenvalue weighted by atomic mass is 35.5. The molecule has 0 aliphatic carbocycles. The number of aromatic nitrogens is 2. The lowest BCUT2D eigenvalue weighted by Gasteiger charge is -2.14. The summed E-state index contributed by atoms with van der Waals surface area (Å²) in [6.45, 7) is 3.82. The molecule has 2 heterocycles. The SMILES string of the molecule is Cc1ccc2nc(COc3ccccc3NC(=O)Nc3cccc(Cl)c3C)cc(=O)n2c1. The van der Waals surface area contributed by atoms with Crippen LogP contribution >= 0.6 is 11.6 Å². The quantitative estimate of drug-likeness (QED) is 0.440. The Morgan fingerprint density at radius 3 is 2.62 bits per heavy atom. The van der Waals surface area contributed by atoms with Crippen molar-refractivity contribution in [2.24, 2.45) is 0 Å². The van der Waals surface area contributed by atoms with E-state index in [1.807, 2.05) is 19.9 Å². The topological polar surface area (TPSA) is 84.7 Å². The van der Waals surface area contributed by atoms with Crippen LogP contribution in [0.15, 0.2) is 71.7 Å². The van der Waals surface area contributed by atoms with Crippen LogP contribution in [0.25, 0.3) is 5.65 Å². The Kier molecular flexibility index (Phi) is 6.09. The molecular weight excluding hydrogens is 428 g/mol. The van der Waals surface area contributed by atoms with Crippen LogP contribution in [0, 0.1) is 13.8 Å². The minimum Gasteiger partial charge on any atom is -0.485 e. The van der Waals surface area contributed by atoms with E-state index in [1.54, 1.807) is 54.7 Å². The second kappa shape index (κ2) is 9.11. The number of hydrogen-bond donors (Lipinski definition) is 2. The third-order valence-corrected chi connectivity index (χ3v) is 5.30. The molecule has 0 radical (unpaired) electrons. The number of ether oxygens (including phenoxy) is 1. The Bertz CT molecular complexity index is 1370. The molecule has 2 amide bonds. The summed E-state index contributed by atoms with van der Waals surface area (Å²) >= 11 is 6.12. The Hall–Kier alpha value is -3.84. The minimum absolute atomic E-state index is 0.0767. The van der Waals surface area contributed by atoms with Gasteiger partial charge in [0, 0.05) is 23.0 Å². The van der Waals surface area contributed by atoms with Crippen molar-refractivity contribution in [1.82, 2.24) is 9.38 Å². The van der Waals surface area contributed by atoms with E-state index in [-0.39, 0.29) is 12.2 Å². The summed E-state index contributed by atoms with van der Waals surface area (Å²) in [6.07, 6.45) is 1.74. The van der Waals surface area contributed by atoms with Gasteiger partial charge in [0.1, 0.15) is 18.0 Å². The summed E-state index contributed by atoms with van der Waals surface area (Å²) in [5, 5.41) is 6.14. The molecule has 0 saturated carbocycles. The maximum Gasteiger partial charge on any atom is 0.323 e. The number of pyridine rings is 1. The van der Waals surface area contributed by atoms with Gasteiger partial charge in [-0.25, -0.2) is 9.78 Å². The number of aryl methyl sites for hydroxylation is 1. The van der Waals surface area contributed by atoms with Crippen molar-refractivity contribution in [3.05, 3.63) is 99.1 Å². The molecule has 2 N–H and O–H groups in total. The predicted molar refractivity (Wildman–Crippen MR) is 126 cm³/mol. The van der Waals surface area contributed by atoms with E-state index in [1.165, 1.54) is 10.5 Å². The molecule has 4 aromatic rings. The maximum absolute atomic E-state index is 12.5. The average Bonchev–Trinajstić information content (AvgIpc) is 2.77. The molecule has 8 heteroatoms. The fourth-order valence-electron chi connectivity index (χ4n) is 3.20. The van der Waals surface area contributed by atoms with Gasteiger partial charge in [0.05, 0.1) is 11.4 Å². The van der Waals surface area contributed by atoms with Crippen LogP contribution in [0.1, 0.15) is 16.8 Å². The van der Waals surface area contributed by atoms with Gasteiger partial charge in [0.2, 0.25) is 0 Å². The van der Waals surface area contributed by atoms with E-state index in [0.717, 1.165) is 11.1 Å². The molecular formula is C24H21ClN4O3. The zero-order chi connectivity index (χ0) is 22.7. The zero-order valence-electron chi connectivity index (χ0n) is 17.6. The van der Waals surface area contributed by atoms with Gasteiger partial charge in [0.15, 0.2) is 0 Å². The fourth-order valence-corrected chi connectivity index (χ4v) is 3.37. The van der Waals surface area contributed by atoms with E-state index in [2.05, 4.69) is 15.6 Å². The number of amides is 2. The lowest BCUT2D eigenvalue weighted by Crippen LogP contribution is -2.20. The smallest absolute Gasteiger partial charge is 0.323 e. The number of nitrogens with one attached hydrogen (secondary N) is 2. The van der Waals surface area contributed by atoms with Crippen LogP contribution in [0.4, 0.5) is 16.2 Å². The summed E-state index contributed by atoms with van der Waals surface area (Å²) in [5.74, 6) is 0.455. The van der Waals surface area contributed by atoms with E-state index < -0.39 is 6.03 Å². The second-order valence-corrected chi connectivity index (χ2v) is 7.70. The van der Waals surface area contributed by atoms with Crippen LogP contribution in [-0.4, -0.2) is 15.4 Å². The normalized spacial score (nSPS) is 10.7. The van der Waals surface area contributed by atoms with Gasteiger partial charge in [-0.05, 0) is 55.3 Å². The first-order valence-electron chi connectivity index (χ1n) is 9.94. The molecule has 0 aliphatic heterocycles. The molecule has 7 nitrogen and oxygen atoms in total. The molecule has 0 atom stereocenters. The van der Waals surface area contributed by atoms with Crippen LogP contribution in [-0.2, 0) is 6.61 Å². The standard InChI is InChI=1S/C24H21ClN4O3/c1-15-10-11-22-26-17(12-23(30)29(22)13-15)14-32-21-9-4-3-7-20(21)28-24(31)27-19-8-5-6-18(25)16(19)2/h3-13H,14H2,1-2H3,(H2,27,28,31). The minimum atomic E-state index is -0.427. The third kappa shape index (κ3) is 4.73. The number of halogens is 1. The van der Waals surface area contributed by atoms with Gasteiger partial charge in [0.25, 0.3) is 5.56 Å². The molecule has 0 saturated heterocycles. The number of para-hydroxylation sites is 2. The van der Waals surface area contributed by atoms with Crippen LogP contribution in [0.5, 0.6) is 5.75 Å². The van der Waals surface area contributed by atoms with Gasteiger partial charge in [-0.2, -0.15) is 0 Å². The van der Waals surface area contributed by atoms with E-state index in [0.29, 0.717) is 33.5 Å². The predicted octanol–water partition coefficient (Wildman–Crippen LogP) is 5.19. The second-order valence-electron chi connectivity index (χ2n) is 7.30. The van der Waals surface area contributed by atoms with Gasteiger partial charge >= 0.3 is 6.03 Å². The molecule has 2 aromatic heterocycles. The van der Waals surface area contributed by atoms with Gasteiger partial charge < -0.3 is 15.4 Å². The first-order valence-corrected chi connectivity index (χ1v) is 10.3. The molecule has 162 valence electrons. The summed E-state index contributed by atoms with van der Waals surface area (Å²) < 4.78 is 7.37. The van der Waals surface area contributed by atoms with Crippen molar-refractivity contribution in [1.29, 1.82) is 0 Å². The zero-order valence-corrected chi connectivity index (χ0v) is 18.3. The molecule has 0 bridgehead atoms. The van der Waals surface area contributed by atoms with Crippen molar-refractivity contribution in [2.45, 2.75) is 20.5 Å². The number of urea groups is 1. The molecule has 4 rings (SSSR count). The van der Waals surface area contributed by atoms with Crippen molar-refractivity contribution in [3.63, 3.8) is 0 Å². The third-order valence-electron chi connectivity index (χ3n) is 4.89. The summed E-state index contributed by atoms with van der Waals surface area (Å²) in [6, 6.07) is 17.0. The molecule has 0 fully saturated rings. The number of hydrogen-bond acceptors (Lipinski definition) is 4. The first-order chi connectivity index (χ1) is 15.4. The van der Waals surface area contributed by atoms with Gasteiger partial charge in [-0.15, -0.1) is 0 Å². The number of nitrogens with zero attached hydrogens (tertiary/aromatic N) is 2. The average molecular weight is 449 g/mol. The maximum atomic E-state index is 12.5. The summed E-state index contributed by atoms with van der Waals surface area (Å²) in [7, 11) is 0. The van der Waals surface area contributed by atoms with Crippen LogP contribution in [0.3, 0.4) is 0 Å². The van der Waals surface area contributed by atoms with Crippen LogP contribution in [0.2, 0.25) is 5.02 Å². The molecule has 32 heavy (non-hydrogen) atoms. The first kappa shape index (κ1) is 21.4. The Morgan fingerprint density at radius 1 is 1.03 bits per heavy atom. The highest BCUT2D eigenvalue weighted by Gasteiger charge is 2.11. The van der Waals surface area contributed by atoms with Crippen molar-refractivity contribution in [3.8, 4) is 5.75 Å². The highest BCUT2D eigenvalue weighted by Crippen LogP contribution is 2.26. The highest BCUT2D eigenvalue weighted by molar-refractivity contribution is 6.31. The Balaban J connectivity index is 1.48. The Morgan fingerprint density at radius 2 is 1.78 bits per heavy atom. The van der Waals surface area contributed by atoms with Crippen LogP contribution < -0.4 is 20.9 Å². The summed E-state index contributed by atoms with van der Waals surface area (Å²) in [5.41, 5.74) is 3.70. The monoisotopic (exact) mass is 448 g/mol. The number of carbonyl (C=O) groups is 1. The van der Waals surface area contributed by atoms with Gasteiger partial charge in [-0.3, -0.25) is 9.20 Å². The largest absolute Gasteiger partial charge is 0.485 e. The molecule has 0 aliphatic rings. The number of fused-ring (bicyclic) bond motifs is 1. The molecule has 2 aromatic carbocycles. The fraction of sp³-hybridized carbons (Fsp3) is 0.125. The van der Waals surface area contributed by atoms with Crippen molar-refractivity contribution >= 4 is 34.7 Å². The number of benzene rings is 2. The van der Waals surface area contributed by atoms with E-state index in [9.17, 15) is 9.59 Å². The molecule has 0 spiro atoms. The number of carbonyl (C=O) groups excluding carboxylic acids is 1. The molecule has 0 unspecified atom stereocenters. The van der Waals surface area contributed by atoms with Gasteiger partial charge in [-0.1, -0.05) is 35.9 Å². The lowest BCUT2D eigenvalue weighted by atomic mass is 10.2. The number of anilines is 2. The Labute approximate surface area is 189 Å². The number of rotatable bonds is 5.